The lowest BCUT2D eigenvalue weighted by Crippen LogP contribution is -2.38. The van der Waals surface area contributed by atoms with Crippen molar-refractivity contribution in [1.82, 2.24) is 0 Å². The third-order valence-corrected chi connectivity index (χ3v) is 2.96. The summed E-state index contributed by atoms with van der Waals surface area (Å²) in [7, 11) is 1.20. The molecule has 0 bridgehead atoms. The van der Waals surface area contributed by atoms with Gasteiger partial charge in [-0.1, -0.05) is 6.92 Å². The predicted molar refractivity (Wildman–Crippen MR) is 55.4 cm³/mol. The Morgan fingerprint density at radius 3 is 2.43 bits per heavy atom. The Hall–Kier alpha value is -0.710. The molecule has 0 fully saturated rings. The number of carbonyl (C=O) groups is 2. The second kappa shape index (κ2) is 5.90. The van der Waals surface area contributed by atoms with Crippen LogP contribution >= 0.6 is 11.8 Å². The fourth-order valence-electron chi connectivity index (χ4n) is 0.942. The summed E-state index contributed by atoms with van der Waals surface area (Å²) in [6.07, 6.45) is 0.299. The number of carboxylic acids is 1. The number of methoxy groups -OCH3 is 1. The molecule has 0 rings (SSSR count). The molecule has 0 aliphatic carbocycles. The summed E-state index contributed by atoms with van der Waals surface area (Å²) < 4.78 is 4.48. The lowest BCUT2D eigenvalue weighted by atomic mass is 9.88. The highest BCUT2D eigenvalue weighted by molar-refractivity contribution is 7.99. The largest absolute Gasteiger partial charge is 0.480 e. The Labute approximate surface area is 88.0 Å². The number of rotatable bonds is 6. The number of thioether (sulfide) groups is 1. The molecular weight excluding hydrogens is 204 g/mol. The summed E-state index contributed by atoms with van der Waals surface area (Å²) in [5, 5.41) is 8.92. The van der Waals surface area contributed by atoms with Crippen molar-refractivity contribution < 1.29 is 19.4 Å². The molecule has 0 amide bonds. The van der Waals surface area contributed by atoms with Gasteiger partial charge in [0.25, 0.3) is 0 Å². The van der Waals surface area contributed by atoms with Crippen LogP contribution in [-0.2, 0) is 14.3 Å². The number of esters is 1. The van der Waals surface area contributed by atoms with E-state index < -0.39 is 17.4 Å². The summed E-state index contributed by atoms with van der Waals surface area (Å²) in [4.78, 5) is 22.2. The van der Waals surface area contributed by atoms with Crippen molar-refractivity contribution in [2.75, 3.05) is 18.6 Å². The molecule has 0 saturated carbocycles. The van der Waals surface area contributed by atoms with E-state index in [1.54, 1.807) is 11.8 Å². The number of ether oxygens (including phenoxy) is 1. The Kier molecular flexibility index (Phi) is 5.60. The van der Waals surface area contributed by atoms with Crippen LogP contribution < -0.4 is 0 Å². The van der Waals surface area contributed by atoms with Crippen LogP contribution in [0, 0.1) is 5.41 Å². The topological polar surface area (TPSA) is 63.6 Å². The first-order valence-corrected chi connectivity index (χ1v) is 5.54. The fourth-order valence-corrected chi connectivity index (χ4v) is 1.78. The maximum atomic E-state index is 11.3. The van der Waals surface area contributed by atoms with E-state index in [0.717, 1.165) is 5.75 Å². The minimum Gasteiger partial charge on any atom is -0.480 e. The van der Waals surface area contributed by atoms with E-state index in [4.69, 9.17) is 5.11 Å². The Bertz CT molecular complexity index is 217. The Balaban J connectivity index is 4.40. The molecule has 1 atom stereocenters. The normalized spacial score (nSPS) is 14.5. The van der Waals surface area contributed by atoms with E-state index in [2.05, 4.69) is 4.74 Å². The summed E-state index contributed by atoms with van der Waals surface area (Å²) in [5.41, 5.74) is -1.41. The molecule has 0 radical (unpaired) electrons. The third kappa shape index (κ3) is 3.21. The van der Waals surface area contributed by atoms with Crippen LogP contribution in [0.25, 0.3) is 0 Å². The lowest BCUT2D eigenvalue weighted by Gasteiger charge is -2.21. The van der Waals surface area contributed by atoms with Crippen LogP contribution in [0.5, 0.6) is 0 Å². The highest BCUT2D eigenvalue weighted by atomic mass is 32.2. The summed E-state index contributed by atoms with van der Waals surface area (Å²) in [6.45, 7) is 3.39. The maximum absolute atomic E-state index is 11.3. The Morgan fingerprint density at radius 1 is 1.50 bits per heavy atom. The first kappa shape index (κ1) is 13.3. The summed E-state index contributed by atoms with van der Waals surface area (Å²) >= 11 is 1.61. The minimum atomic E-state index is -1.41. The number of carbonyl (C=O) groups excluding carboxylic acids is 1. The van der Waals surface area contributed by atoms with Gasteiger partial charge in [-0.25, -0.2) is 0 Å². The van der Waals surface area contributed by atoms with Crippen molar-refractivity contribution in [3.8, 4) is 0 Å². The van der Waals surface area contributed by atoms with Gasteiger partial charge in [-0.2, -0.15) is 11.8 Å². The van der Waals surface area contributed by atoms with Crippen LogP contribution in [0.2, 0.25) is 0 Å². The monoisotopic (exact) mass is 220 g/mol. The molecule has 1 N–H and O–H groups in total. The smallest absolute Gasteiger partial charge is 0.322 e. The fraction of sp³-hybridized carbons (Fsp3) is 0.778. The van der Waals surface area contributed by atoms with Crippen LogP contribution in [0.3, 0.4) is 0 Å². The van der Waals surface area contributed by atoms with E-state index in [0.29, 0.717) is 12.2 Å². The summed E-state index contributed by atoms with van der Waals surface area (Å²) in [5.74, 6) is -0.242. The molecule has 0 aliphatic rings. The SMILES string of the molecule is CCSCCC(C)(C(=O)O)C(=O)OC. The van der Waals surface area contributed by atoms with E-state index in [-0.39, 0.29) is 0 Å². The van der Waals surface area contributed by atoms with E-state index in [9.17, 15) is 9.59 Å². The molecule has 0 aliphatic heterocycles. The first-order valence-electron chi connectivity index (χ1n) is 4.38. The zero-order chi connectivity index (χ0) is 11.2. The first-order chi connectivity index (χ1) is 6.49. The van der Waals surface area contributed by atoms with Gasteiger partial charge in [-0.05, 0) is 24.9 Å². The molecule has 0 saturated heterocycles. The van der Waals surface area contributed by atoms with Gasteiger partial charge in [-0.15, -0.1) is 0 Å². The molecule has 0 heterocycles. The number of hydrogen-bond acceptors (Lipinski definition) is 4. The van der Waals surface area contributed by atoms with E-state index in [1.807, 2.05) is 6.92 Å². The van der Waals surface area contributed by atoms with E-state index in [1.165, 1.54) is 14.0 Å². The zero-order valence-corrected chi connectivity index (χ0v) is 9.52. The zero-order valence-electron chi connectivity index (χ0n) is 8.70. The highest BCUT2D eigenvalue weighted by Gasteiger charge is 2.41. The molecule has 0 aromatic rings. The molecular formula is C9H16O4S. The number of hydrogen-bond donors (Lipinski definition) is 1. The standard InChI is InChI=1S/C9H16O4S/c1-4-14-6-5-9(2,7(10)11)8(12)13-3/h4-6H2,1-3H3,(H,10,11). The average Bonchev–Trinajstić information content (AvgIpc) is 2.16. The lowest BCUT2D eigenvalue weighted by molar-refractivity contribution is -0.165. The molecule has 1 unspecified atom stereocenters. The quantitative estimate of drug-likeness (QED) is 0.416. The van der Waals surface area contributed by atoms with Gasteiger partial charge < -0.3 is 9.84 Å². The number of carboxylic acid groups (broad SMARTS) is 1. The van der Waals surface area contributed by atoms with Crippen molar-refractivity contribution in [2.24, 2.45) is 5.41 Å². The van der Waals surface area contributed by atoms with Gasteiger partial charge in [0, 0.05) is 0 Å². The van der Waals surface area contributed by atoms with Crippen LogP contribution in [-0.4, -0.2) is 35.7 Å². The second-order valence-electron chi connectivity index (χ2n) is 3.08. The van der Waals surface area contributed by atoms with Gasteiger partial charge in [-0.3, -0.25) is 9.59 Å². The minimum absolute atomic E-state index is 0.299. The molecule has 82 valence electrons. The van der Waals surface area contributed by atoms with Gasteiger partial charge in [0.05, 0.1) is 7.11 Å². The second-order valence-corrected chi connectivity index (χ2v) is 4.47. The van der Waals surface area contributed by atoms with Crippen molar-refractivity contribution in [1.29, 1.82) is 0 Å². The third-order valence-electron chi connectivity index (χ3n) is 2.06. The molecule has 14 heavy (non-hydrogen) atoms. The maximum Gasteiger partial charge on any atom is 0.322 e. The van der Waals surface area contributed by atoms with Crippen LogP contribution in [0.1, 0.15) is 20.3 Å². The molecule has 0 aromatic heterocycles. The van der Waals surface area contributed by atoms with Gasteiger partial charge in [0.2, 0.25) is 0 Å². The number of aliphatic carboxylic acids is 1. The van der Waals surface area contributed by atoms with E-state index >= 15 is 0 Å². The van der Waals surface area contributed by atoms with Crippen LogP contribution in [0.4, 0.5) is 0 Å². The van der Waals surface area contributed by atoms with Gasteiger partial charge in [0.1, 0.15) is 0 Å². The molecule has 5 heteroatoms. The summed E-state index contributed by atoms with van der Waals surface area (Å²) in [6, 6.07) is 0. The van der Waals surface area contributed by atoms with Gasteiger partial charge >= 0.3 is 11.9 Å². The van der Waals surface area contributed by atoms with Crippen molar-refractivity contribution in [2.45, 2.75) is 20.3 Å². The van der Waals surface area contributed by atoms with Gasteiger partial charge in [0.15, 0.2) is 5.41 Å². The average molecular weight is 220 g/mol. The predicted octanol–water partition coefficient (Wildman–Crippen LogP) is 1.39. The highest BCUT2D eigenvalue weighted by Crippen LogP contribution is 2.25. The molecule has 4 nitrogen and oxygen atoms in total. The molecule has 0 aromatic carbocycles. The Morgan fingerprint density at radius 2 is 2.07 bits per heavy atom. The van der Waals surface area contributed by atoms with Crippen molar-refractivity contribution in [3.63, 3.8) is 0 Å². The molecule has 0 spiro atoms. The van der Waals surface area contributed by atoms with Crippen molar-refractivity contribution in [3.05, 3.63) is 0 Å². The van der Waals surface area contributed by atoms with Crippen molar-refractivity contribution >= 4 is 23.7 Å². The van der Waals surface area contributed by atoms with Crippen LogP contribution in [0.15, 0.2) is 0 Å².